The van der Waals surface area contributed by atoms with Crippen molar-refractivity contribution in [2.45, 2.75) is 0 Å². The highest BCUT2D eigenvalue weighted by molar-refractivity contribution is 9.10. The molecule has 2 aromatic carbocycles. The van der Waals surface area contributed by atoms with Gasteiger partial charge in [-0.1, -0.05) is 45.5 Å². The van der Waals surface area contributed by atoms with E-state index in [-0.39, 0.29) is 5.88 Å². The summed E-state index contributed by atoms with van der Waals surface area (Å²) < 4.78 is 1.01. The summed E-state index contributed by atoms with van der Waals surface area (Å²) >= 11 is 4.81. The van der Waals surface area contributed by atoms with Crippen LogP contribution in [0.25, 0.3) is 11.6 Å². The molecule has 2 heterocycles. The van der Waals surface area contributed by atoms with Gasteiger partial charge in [0.15, 0.2) is 5.13 Å². The first kappa shape index (κ1) is 15.1. The van der Waals surface area contributed by atoms with E-state index in [2.05, 4.69) is 31.2 Å². The van der Waals surface area contributed by atoms with Gasteiger partial charge in [-0.25, -0.2) is 0 Å². The zero-order valence-corrected chi connectivity index (χ0v) is 14.8. The number of nitrogens with zero attached hydrogens (tertiary/aromatic N) is 2. The Hall–Kier alpha value is -2.44. The second-order valence-corrected chi connectivity index (χ2v) is 7.16. The third kappa shape index (κ3) is 2.98. The molecular weight excluding hydrogens is 386 g/mol. The van der Waals surface area contributed by atoms with Crippen molar-refractivity contribution in [3.8, 4) is 5.88 Å². The van der Waals surface area contributed by atoms with E-state index in [1.54, 1.807) is 0 Å². The molecule has 4 nitrogen and oxygen atoms in total. The summed E-state index contributed by atoms with van der Waals surface area (Å²) in [6.07, 6.45) is 3.72. The third-order valence-corrected chi connectivity index (χ3v) is 5.01. The molecule has 1 aromatic heterocycles. The smallest absolute Gasteiger partial charge is 0.231 e. The largest absolute Gasteiger partial charge is 0.492 e. The molecule has 0 saturated heterocycles. The van der Waals surface area contributed by atoms with Crippen LogP contribution >= 0.6 is 27.3 Å². The first-order valence-electron chi connectivity index (χ1n) is 7.26. The van der Waals surface area contributed by atoms with Crippen molar-refractivity contribution in [2.75, 3.05) is 5.32 Å². The molecule has 0 atom stereocenters. The Labute approximate surface area is 151 Å². The zero-order chi connectivity index (χ0) is 16.5. The summed E-state index contributed by atoms with van der Waals surface area (Å²) in [4.78, 5) is 9.27. The monoisotopic (exact) mass is 397 g/mol. The quantitative estimate of drug-likeness (QED) is 0.603. The second kappa shape index (κ2) is 6.22. The Morgan fingerprint density at radius 1 is 1.08 bits per heavy atom. The molecule has 0 saturated carbocycles. The summed E-state index contributed by atoms with van der Waals surface area (Å²) in [5.41, 5.74) is 3.90. The van der Waals surface area contributed by atoms with Gasteiger partial charge in [0.2, 0.25) is 5.88 Å². The summed E-state index contributed by atoms with van der Waals surface area (Å²) in [6.45, 7) is 0. The number of thiazole rings is 1. The molecule has 4 rings (SSSR count). The fourth-order valence-electron chi connectivity index (χ4n) is 2.42. The van der Waals surface area contributed by atoms with Gasteiger partial charge >= 0.3 is 0 Å². The Morgan fingerprint density at radius 3 is 2.71 bits per heavy atom. The number of rotatable bonds is 3. The van der Waals surface area contributed by atoms with Crippen molar-refractivity contribution in [2.24, 2.45) is 4.99 Å². The fraction of sp³-hybridized carbons (Fsp3) is 0. The van der Waals surface area contributed by atoms with Crippen LogP contribution in [0.2, 0.25) is 0 Å². The highest BCUT2D eigenvalue weighted by atomic mass is 79.9. The van der Waals surface area contributed by atoms with Crippen LogP contribution in [0.15, 0.2) is 58.0 Å². The van der Waals surface area contributed by atoms with E-state index < -0.39 is 0 Å². The summed E-state index contributed by atoms with van der Waals surface area (Å²) in [5, 5.41) is 14.0. The molecule has 0 unspecified atom stereocenters. The van der Waals surface area contributed by atoms with Crippen LogP contribution < -0.4 is 5.32 Å². The van der Waals surface area contributed by atoms with Gasteiger partial charge < -0.3 is 10.4 Å². The second-order valence-electron chi connectivity index (χ2n) is 5.21. The number of halogens is 1. The SMILES string of the molecule is Oc1nc(Nc2ccc(Br)cc2)sc1/C=C1\C=Nc2ccccc21. The highest BCUT2D eigenvalue weighted by Gasteiger charge is 2.14. The lowest BCUT2D eigenvalue weighted by atomic mass is 10.1. The molecule has 6 heteroatoms. The Kier molecular flexibility index (Phi) is 3.92. The van der Waals surface area contributed by atoms with Gasteiger partial charge in [-0.2, -0.15) is 4.98 Å². The molecule has 2 N–H and O–H groups in total. The lowest BCUT2D eigenvalue weighted by Gasteiger charge is -2.01. The molecule has 3 aromatic rings. The minimum atomic E-state index is 0.0184. The molecule has 24 heavy (non-hydrogen) atoms. The molecule has 0 amide bonds. The number of anilines is 2. The predicted octanol–water partition coefficient (Wildman–Crippen LogP) is 5.61. The Balaban J connectivity index is 1.62. The van der Waals surface area contributed by atoms with Crippen LogP contribution in [-0.2, 0) is 0 Å². The van der Waals surface area contributed by atoms with Crippen molar-refractivity contribution >= 4 is 61.6 Å². The summed E-state index contributed by atoms with van der Waals surface area (Å²) in [5.74, 6) is 0.0184. The van der Waals surface area contributed by atoms with Gasteiger partial charge in [0, 0.05) is 27.5 Å². The molecule has 0 radical (unpaired) electrons. The molecule has 1 aliphatic heterocycles. The summed E-state index contributed by atoms with van der Waals surface area (Å²) in [6, 6.07) is 15.7. The number of aromatic nitrogens is 1. The van der Waals surface area contributed by atoms with Gasteiger partial charge in [-0.15, -0.1) is 0 Å². The van der Waals surface area contributed by atoms with E-state index in [9.17, 15) is 5.11 Å². The van der Waals surface area contributed by atoms with Crippen molar-refractivity contribution < 1.29 is 5.11 Å². The van der Waals surface area contributed by atoms with Crippen molar-refractivity contribution in [1.82, 2.24) is 4.98 Å². The van der Waals surface area contributed by atoms with E-state index in [0.717, 1.165) is 27.0 Å². The van der Waals surface area contributed by atoms with Crippen LogP contribution in [0.1, 0.15) is 10.4 Å². The Morgan fingerprint density at radius 2 is 1.88 bits per heavy atom. The van der Waals surface area contributed by atoms with E-state index in [1.807, 2.05) is 60.8 Å². The average Bonchev–Trinajstić information content (AvgIpc) is 3.14. The van der Waals surface area contributed by atoms with Gasteiger partial charge in [0.25, 0.3) is 0 Å². The predicted molar refractivity (Wildman–Crippen MR) is 104 cm³/mol. The zero-order valence-electron chi connectivity index (χ0n) is 12.4. The number of aliphatic imine (C=N–C) groups is 1. The van der Waals surface area contributed by atoms with Gasteiger partial charge in [0.05, 0.1) is 10.6 Å². The number of hydrogen-bond donors (Lipinski definition) is 2. The average molecular weight is 398 g/mol. The maximum atomic E-state index is 10.1. The molecule has 0 spiro atoms. The third-order valence-electron chi connectivity index (χ3n) is 3.57. The molecule has 1 aliphatic rings. The van der Waals surface area contributed by atoms with E-state index >= 15 is 0 Å². The van der Waals surface area contributed by atoms with E-state index in [4.69, 9.17) is 0 Å². The van der Waals surface area contributed by atoms with Crippen LogP contribution in [0.5, 0.6) is 5.88 Å². The number of aromatic hydroxyl groups is 1. The van der Waals surface area contributed by atoms with Crippen LogP contribution in [0.3, 0.4) is 0 Å². The van der Waals surface area contributed by atoms with Crippen molar-refractivity contribution in [1.29, 1.82) is 0 Å². The molecule has 0 bridgehead atoms. The summed E-state index contributed by atoms with van der Waals surface area (Å²) in [7, 11) is 0. The topological polar surface area (TPSA) is 57.5 Å². The fourth-order valence-corrected chi connectivity index (χ4v) is 3.52. The van der Waals surface area contributed by atoms with Crippen LogP contribution in [0.4, 0.5) is 16.5 Å². The maximum absolute atomic E-state index is 10.1. The standard InChI is InChI=1S/C18H12BrN3OS/c19-12-5-7-13(8-6-12)21-18-22-17(23)16(24-18)9-11-10-20-15-4-2-1-3-14(11)15/h1-10,23H,(H,21,22)/b11-9+. The lowest BCUT2D eigenvalue weighted by molar-refractivity contribution is 0.457. The van der Waals surface area contributed by atoms with E-state index in [0.29, 0.717) is 10.0 Å². The number of benzene rings is 2. The number of hydrogen-bond acceptors (Lipinski definition) is 5. The molecule has 0 aliphatic carbocycles. The number of allylic oxidation sites excluding steroid dienone is 1. The number of para-hydroxylation sites is 1. The minimum absolute atomic E-state index is 0.0184. The minimum Gasteiger partial charge on any atom is -0.492 e. The van der Waals surface area contributed by atoms with Gasteiger partial charge in [-0.3, -0.25) is 4.99 Å². The first-order valence-corrected chi connectivity index (χ1v) is 8.87. The maximum Gasteiger partial charge on any atom is 0.231 e. The van der Waals surface area contributed by atoms with Crippen molar-refractivity contribution in [3.05, 3.63) is 63.4 Å². The van der Waals surface area contributed by atoms with Crippen LogP contribution in [-0.4, -0.2) is 16.3 Å². The van der Waals surface area contributed by atoms with E-state index in [1.165, 1.54) is 11.3 Å². The highest BCUT2D eigenvalue weighted by Crippen LogP contribution is 2.37. The molecule has 118 valence electrons. The Bertz CT molecular complexity index is 961. The molecule has 0 fully saturated rings. The van der Waals surface area contributed by atoms with Gasteiger partial charge in [0.1, 0.15) is 0 Å². The number of nitrogens with one attached hydrogen (secondary N) is 1. The molecular formula is C18H12BrN3OS. The van der Waals surface area contributed by atoms with Crippen molar-refractivity contribution in [3.63, 3.8) is 0 Å². The van der Waals surface area contributed by atoms with Gasteiger partial charge in [-0.05, 0) is 36.4 Å². The lowest BCUT2D eigenvalue weighted by Crippen LogP contribution is -1.87. The normalized spacial score (nSPS) is 14.1. The van der Waals surface area contributed by atoms with Crippen LogP contribution in [0, 0.1) is 0 Å². The number of fused-ring (bicyclic) bond motifs is 1. The first-order chi connectivity index (χ1) is 11.7.